The summed E-state index contributed by atoms with van der Waals surface area (Å²) in [6.45, 7) is 0.690. The first-order valence-corrected chi connectivity index (χ1v) is 5.18. The van der Waals surface area contributed by atoms with Gasteiger partial charge >= 0.3 is 0 Å². The van der Waals surface area contributed by atoms with E-state index in [-0.39, 0.29) is 5.95 Å². The minimum Gasteiger partial charge on any atom is -0.366 e. The van der Waals surface area contributed by atoms with Crippen LogP contribution in [0.2, 0.25) is 0 Å². The molecule has 0 saturated heterocycles. The summed E-state index contributed by atoms with van der Waals surface area (Å²) in [4.78, 5) is 8.26. The van der Waals surface area contributed by atoms with E-state index in [0.717, 1.165) is 0 Å². The van der Waals surface area contributed by atoms with Crippen molar-refractivity contribution in [1.82, 2.24) is 24.7 Å². The van der Waals surface area contributed by atoms with E-state index in [1.54, 1.807) is 6.33 Å². The van der Waals surface area contributed by atoms with Gasteiger partial charge in [0.1, 0.15) is 0 Å². The van der Waals surface area contributed by atoms with Crippen molar-refractivity contribution in [3.63, 3.8) is 0 Å². The lowest BCUT2D eigenvalue weighted by Gasteiger charge is -2.03. The van der Waals surface area contributed by atoms with Crippen molar-refractivity contribution in [3.05, 3.63) is 42.2 Å². The Morgan fingerprint density at radius 2 is 1.94 bits per heavy atom. The van der Waals surface area contributed by atoms with Gasteiger partial charge in [-0.1, -0.05) is 30.3 Å². The van der Waals surface area contributed by atoms with Gasteiger partial charge in [0, 0.05) is 0 Å². The average molecular weight is 226 g/mol. The Labute approximate surface area is 97.1 Å². The average Bonchev–Trinajstić information content (AvgIpc) is 2.73. The Kier molecular flexibility index (Phi) is 2.18. The highest BCUT2D eigenvalue weighted by atomic mass is 15.3. The van der Waals surface area contributed by atoms with Gasteiger partial charge in [0.15, 0.2) is 5.65 Å². The zero-order chi connectivity index (χ0) is 11.7. The molecule has 2 heterocycles. The summed E-state index contributed by atoms with van der Waals surface area (Å²) >= 11 is 0. The van der Waals surface area contributed by atoms with Crippen LogP contribution in [-0.4, -0.2) is 24.7 Å². The van der Waals surface area contributed by atoms with E-state index in [1.807, 2.05) is 34.9 Å². The first-order chi connectivity index (χ1) is 8.33. The summed E-state index contributed by atoms with van der Waals surface area (Å²) in [6, 6.07) is 10.1. The normalized spacial score (nSPS) is 10.8. The third-order valence-electron chi connectivity index (χ3n) is 2.45. The van der Waals surface area contributed by atoms with Crippen LogP contribution in [0.1, 0.15) is 5.56 Å². The van der Waals surface area contributed by atoms with Gasteiger partial charge in [0.25, 0.3) is 0 Å². The Morgan fingerprint density at radius 1 is 1.12 bits per heavy atom. The highest BCUT2D eigenvalue weighted by Crippen LogP contribution is 2.10. The van der Waals surface area contributed by atoms with E-state index in [1.165, 1.54) is 5.56 Å². The molecule has 0 bridgehead atoms. The predicted octanol–water partition coefficient (Wildman–Crippen LogP) is 0.852. The van der Waals surface area contributed by atoms with Gasteiger partial charge in [0.05, 0.1) is 12.9 Å². The Balaban J connectivity index is 2.03. The molecule has 2 N–H and O–H groups in total. The standard InChI is InChI=1S/C11H10N6/c12-11-14-10-9(15-16-11)13-7-17(10)6-8-4-2-1-3-5-8/h1-5,7H,6H2,(H2,12,14,16). The van der Waals surface area contributed by atoms with Gasteiger partial charge in [0.2, 0.25) is 11.6 Å². The second-order valence-electron chi connectivity index (χ2n) is 3.68. The van der Waals surface area contributed by atoms with Crippen LogP contribution < -0.4 is 5.73 Å². The van der Waals surface area contributed by atoms with E-state index in [4.69, 9.17) is 5.73 Å². The molecule has 0 amide bonds. The Morgan fingerprint density at radius 3 is 2.76 bits per heavy atom. The van der Waals surface area contributed by atoms with E-state index in [0.29, 0.717) is 17.8 Å². The van der Waals surface area contributed by atoms with Crippen LogP contribution >= 0.6 is 0 Å². The first-order valence-electron chi connectivity index (χ1n) is 5.18. The molecule has 0 aliphatic carbocycles. The monoisotopic (exact) mass is 226 g/mol. The number of nitrogens with two attached hydrogens (primary N) is 1. The van der Waals surface area contributed by atoms with Crippen LogP contribution in [0.4, 0.5) is 5.95 Å². The summed E-state index contributed by atoms with van der Waals surface area (Å²) in [7, 11) is 0. The highest BCUT2D eigenvalue weighted by Gasteiger charge is 2.06. The van der Waals surface area contributed by atoms with Crippen molar-refractivity contribution in [2.24, 2.45) is 0 Å². The summed E-state index contributed by atoms with van der Waals surface area (Å²) in [5.74, 6) is 0.160. The van der Waals surface area contributed by atoms with Crippen LogP contribution in [-0.2, 0) is 6.54 Å². The third kappa shape index (κ3) is 1.80. The Bertz CT molecular complexity index is 645. The number of benzene rings is 1. The molecule has 0 atom stereocenters. The largest absolute Gasteiger partial charge is 0.366 e. The quantitative estimate of drug-likeness (QED) is 0.700. The predicted molar refractivity (Wildman–Crippen MR) is 63.1 cm³/mol. The molecule has 3 aromatic rings. The molecule has 0 aliphatic heterocycles. The van der Waals surface area contributed by atoms with Crippen LogP contribution in [0.15, 0.2) is 36.7 Å². The smallest absolute Gasteiger partial charge is 0.242 e. The number of imidazole rings is 1. The van der Waals surface area contributed by atoms with Gasteiger partial charge in [-0.05, 0) is 5.56 Å². The molecule has 0 saturated carbocycles. The molecular weight excluding hydrogens is 216 g/mol. The van der Waals surface area contributed by atoms with Gasteiger partial charge in [-0.3, -0.25) is 0 Å². The fraction of sp³-hybridized carbons (Fsp3) is 0.0909. The number of nitrogen functional groups attached to an aromatic ring is 1. The highest BCUT2D eigenvalue weighted by molar-refractivity contribution is 5.65. The van der Waals surface area contributed by atoms with Gasteiger partial charge in [-0.2, -0.15) is 4.98 Å². The van der Waals surface area contributed by atoms with Gasteiger partial charge in [-0.15, -0.1) is 10.2 Å². The number of hydrogen-bond acceptors (Lipinski definition) is 5. The minimum atomic E-state index is 0.160. The second-order valence-corrected chi connectivity index (χ2v) is 3.68. The molecule has 6 heteroatoms. The maximum absolute atomic E-state index is 5.52. The second kappa shape index (κ2) is 3.82. The van der Waals surface area contributed by atoms with Crippen LogP contribution in [0, 0.1) is 0 Å². The van der Waals surface area contributed by atoms with E-state index in [9.17, 15) is 0 Å². The number of anilines is 1. The van der Waals surface area contributed by atoms with E-state index >= 15 is 0 Å². The van der Waals surface area contributed by atoms with Crippen molar-refractivity contribution in [2.75, 3.05) is 5.73 Å². The third-order valence-corrected chi connectivity index (χ3v) is 2.45. The maximum atomic E-state index is 5.52. The van der Waals surface area contributed by atoms with Crippen molar-refractivity contribution >= 4 is 17.2 Å². The lowest BCUT2D eigenvalue weighted by atomic mass is 10.2. The zero-order valence-corrected chi connectivity index (χ0v) is 8.98. The van der Waals surface area contributed by atoms with Crippen molar-refractivity contribution in [1.29, 1.82) is 0 Å². The number of aromatic nitrogens is 5. The fourth-order valence-electron chi connectivity index (χ4n) is 1.68. The molecule has 6 nitrogen and oxygen atoms in total. The van der Waals surface area contributed by atoms with E-state index < -0.39 is 0 Å². The molecule has 17 heavy (non-hydrogen) atoms. The van der Waals surface area contributed by atoms with Crippen LogP contribution in [0.25, 0.3) is 11.3 Å². The summed E-state index contributed by atoms with van der Waals surface area (Å²) in [5, 5.41) is 7.54. The Hall–Kier alpha value is -2.50. The summed E-state index contributed by atoms with van der Waals surface area (Å²) in [6.07, 6.45) is 1.69. The molecule has 84 valence electrons. The number of rotatable bonds is 2. The zero-order valence-electron chi connectivity index (χ0n) is 8.98. The molecule has 0 aliphatic rings. The SMILES string of the molecule is Nc1nnc2ncn(Cc3ccccc3)c2n1. The molecular formula is C11H10N6. The number of hydrogen-bond donors (Lipinski definition) is 1. The minimum absolute atomic E-state index is 0.160. The molecule has 3 rings (SSSR count). The van der Waals surface area contributed by atoms with Crippen molar-refractivity contribution < 1.29 is 0 Å². The van der Waals surface area contributed by atoms with Crippen LogP contribution in [0.5, 0.6) is 0 Å². The molecule has 1 aromatic carbocycles. The van der Waals surface area contributed by atoms with E-state index in [2.05, 4.69) is 20.2 Å². The van der Waals surface area contributed by atoms with Crippen LogP contribution in [0.3, 0.4) is 0 Å². The summed E-state index contributed by atoms with van der Waals surface area (Å²) in [5.41, 5.74) is 7.85. The molecule has 0 spiro atoms. The number of fused-ring (bicyclic) bond motifs is 1. The molecule has 2 aromatic heterocycles. The lowest BCUT2D eigenvalue weighted by molar-refractivity contribution is 0.812. The number of nitrogens with zero attached hydrogens (tertiary/aromatic N) is 5. The molecule has 0 unspecified atom stereocenters. The molecule has 0 fully saturated rings. The molecule has 0 radical (unpaired) electrons. The maximum Gasteiger partial charge on any atom is 0.242 e. The van der Waals surface area contributed by atoms with Gasteiger partial charge in [-0.25, -0.2) is 4.98 Å². The van der Waals surface area contributed by atoms with Gasteiger partial charge < -0.3 is 10.3 Å². The lowest BCUT2D eigenvalue weighted by Crippen LogP contribution is -2.02. The first kappa shape index (κ1) is 9.71. The van der Waals surface area contributed by atoms with Crippen molar-refractivity contribution in [2.45, 2.75) is 6.54 Å². The summed E-state index contributed by atoms with van der Waals surface area (Å²) < 4.78 is 1.90. The fourth-order valence-corrected chi connectivity index (χ4v) is 1.68. The van der Waals surface area contributed by atoms with Crippen molar-refractivity contribution in [3.8, 4) is 0 Å². The topological polar surface area (TPSA) is 82.5 Å².